The molecule has 2 fully saturated rings. The van der Waals surface area contributed by atoms with Gasteiger partial charge >= 0.3 is 0 Å². The molecule has 148 valence electrons. The van der Waals surface area contributed by atoms with E-state index in [4.69, 9.17) is 9.15 Å². The number of likely N-dealkylation sites (N-methyl/N-ethyl adjacent to an activating group) is 1. The smallest absolute Gasteiger partial charge is 0.287 e. The number of carbonyl (C=O) groups is 2. The average Bonchev–Trinajstić information content (AvgIpc) is 2.99. The number of hydrogen-bond acceptors (Lipinski definition) is 6. The van der Waals surface area contributed by atoms with E-state index in [1.807, 2.05) is 11.9 Å². The third kappa shape index (κ3) is 4.95. The van der Waals surface area contributed by atoms with Gasteiger partial charge in [-0.05, 0) is 26.8 Å². The second-order valence-corrected chi connectivity index (χ2v) is 7.23. The van der Waals surface area contributed by atoms with Gasteiger partial charge in [-0.2, -0.15) is 0 Å². The third-order valence-electron chi connectivity index (χ3n) is 5.37. The molecule has 2 atom stereocenters. The van der Waals surface area contributed by atoms with E-state index in [1.54, 1.807) is 6.92 Å². The maximum atomic E-state index is 12.5. The number of likely N-dealkylation sites (tertiary alicyclic amines) is 1. The molecule has 0 spiro atoms. The van der Waals surface area contributed by atoms with Crippen molar-refractivity contribution in [1.82, 2.24) is 15.1 Å². The van der Waals surface area contributed by atoms with Gasteiger partial charge in [-0.15, -0.1) is 0 Å². The Morgan fingerprint density at radius 1 is 1.19 bits per heavy atom. The summed E-state index contributed by atoms with van der Waals surface area (Å²) in [5.41, 5.74) is -0.247. The summed E-state index contributed by atoms with van der Waals surface area (Å²) in [6.07, 6.45) is 2.33. The highest BCUT2D eigenvalue weighted by atomic mass is 16.5. The zero-order valence-corrected chi connectivity index (χ0v) is 15.9. The fourth-order valence-electron chi connectivity index (χ4n) is 3.74. The Hall–Kier alpha value is -2.19. The van der Waals surface area contributed by atoms with Crippen molar-refractivity contribution in [2.75, 3.05) is 39.9 Å². The van der Waals surface area contributed by atoms with Crippen LogP contribution in [-0.4, -0.2) is 73.6 Å². The molecule has 0 aromatic carbocycles. The molecule has 1 N–H and O–H groups in total. The van der Waals surface area contributed by atoms with E-state index in [9.17, 15) is 14.4 Å². The largest absolute Gasteiger partial charge is 0.456 e. The Morgan fingerprint density at radius 2 is 1.89 bits per heavy atom. The van der Waals surface area contributed by atoms with Crippen LogP contribution in [0.15, 0.2) is 21.3 Å². The molecule has 8 heteroatoms. The fourth-order valence-corrected chi connectivity index (χ4v) is 3.74. The van der Waals surface area contributed by atoms with E-state index in [1.165, 1.54) is 12.1 Å². The van der Waals surface area contributed by atoms with Crippen LogP contribution in [0, 0.1) is 6.92 Å². The van der Waals surface area contributed by atoms with Gasteiger partial charge in [0.2, 0.25) is 5.91 Å². The number of amides is 2. The van der Waals surface area contributed by atoms with Crippen molar-refractivity contribution in [3.05, 3.63) is 33.9 Å². The van der Waals surface area contributed by atoms with Crippen molar-refractivity contribution in [1.29, 1.82) is 0 Å². The van der Waals surface area contributed by atoms with Gasteiger partial charge in [-0.3, -0.25) is 19.3 Å². The Morgan fingerprint density at radius 3 is 2.59 bits per heavy atom. The van der Waals surface area contributed by atoms with Crippen molar-refractivity contribution in [3.8, 4) is 0 Å². The summed E-state index contributed by atoms with van der Waals surface area (Å²) >= 11 is 0. The van der Waals surface area contributed by atoms with Gasteiger partial charge < -0.3 is 19.4 Å². The van der Waals surface area contributed by atoms with Gasteiger partial charge in [0.25, 0.3) is 5.91 Å². The average molecular weight is 377 g/mol. The van der Waals surface area contributed by atoms with Gasteiger partial charge in [0, 0.05) is 50.3 Å². The van der Waals surface area contributed by atoms with Crippen LogP contribution in [0.2, 0.25) is 0 Å². The van der Waals surface area contributed by atoms with E-state index >= 15 is 0 Å². The molecule has 2 saturated heterocycles. The molecular formula is C19H27N3O5. The second-order valence-electron chi connectivity index (χ2n) is 7.23. The van der Waals surface area contributed by atoms with Gasteiger partial charge in [-0.1, -0.05) is 0 Å². The minimum absolute atomic E-state index is 0.0275. The van der Waals surface area contributed by atoms with Crippen LogP contribution < -0.4 is 10.7 Å². The highest BCUT2D eigenvalue weighted by Crippen LogP contribution is 2.25. The highest BCUT2D eigenvalue weighted by Gasteiger charge is 2.33. The molecule has 1 aromatic heterocycles. The summed E-state index contributed by atoms with van der Waals surface area (Å²) < 4.78 is 10.6. The molecule has 1 aromatic rings. The molecule has 2 amide bonds. The normalized spacial score (nSPS) is 23.4. The zero-order valence-electron chi connectivity index (χ0n) is 15.9. The van der Waals surface area contributed by atoms with E-state index < -0.39 is 5.91 Å². The van der Waals surface area contributed by atoms with Crippen LogP contribution >= 0.6 is 0 Å². The Balaban J connectivity index is 1.49. The SMILES string of the molecule is Cc1cc(=O)cc(C(=O)NC[C@@H]2CC[C@H](CC(=O)N3CCOCC3)N2C)o1. The fraction of sp³-hybridized carbons (Fsp3) is 0.632. The molecular weight excluding hydrogens is 350 g/mol. The van der Waals surface area contributed by atoms with E-state index in [-0.39, 0.29) is 29.2 Å². The number of morpholine rings is 1. The number of nitrogens with zero attached hydrogens (tertiary/aromatic N) is 2. The summed E-state index contributed by atoms with van der Waals surface area (Å²) in [5.74, 6) is 0.213. The molecule has 2 aliphatic heterocycles. The predicted octanol–water partition coefficient (Wildman–Crippen LogP) is 0.390. The molecule has 3 rings (SSSR count). The number of nitrogens with one attached hydrogen (secondary N) is 1. The van der Waals surface area contributed by atoms with Gasteiger partial charge in [0.15, 0.2) is 11.2 Å². The summed E-state index contributed by atoms with van der Waals surface area (Å²) in [4.78, 5) is 40.2. The molecule has 0 aliphatic carbocycles. The third-order valence-corrected chi connectivity index (χ3v) is 5.37. The maximum absolute atomic E-state index is 12.5. The lowest BCUT2D eigenvalue weighted by Gasteiger charge is -2.30. The monoisotopic (exact) mass is 377 g/mol. The first kappa shape index (κ1) is 19.6. The van der Waals surface area contributed by atoms with Crippen LogP contribution in [0.4, 0.5) is 0 Å². The van der Waals surface area contributed by atoms with Gasteiger partial charge in [0.05, 0.1) is 13.2 Å². The Bertz CT molecular complexity index is 741. The van der Waals surface area contributed by atoms with Crippen LogP contribution in [0.3, 0.4) is 0 Å². The van der Waals surface area contributed by atoms with Gasteiger partial charge in [0.1, 0.15) is 5.76 Å². The molecule has 0 radical (unpaired) electrons. The van der Waals surface area contributed by atoms with Crippen LogP contribution in [0.1, 0.15) is 35.6 Å². The van der Waals surface area contributed by atoms with Crippen LogP contribution in [0.25, 0.3) is 0 Å². The molecule has 3 heterocycles. The first-order valence-electron chi connectivity index (χ1n) is 9.41. The highest BCUT2D eigenvalue weighted by molar-refractivity contribution is 5.91. The lowest BCUT2D eigenvalue weighted by atomic mass is 10.1. The Kier molecular flexibility index (Phi) is 6.28. The minimum Gasteiger partial charge on any atom is -0.456 e. The van der Waals surface area contributed by atoms with E-state index in [2.05, 4.69) is 10.2 Å². The standard InChI is InChI=1S/C19H27N3O5/c1-13-9-16(23)11-17(27-13)19(25)20-12-15-4-3-14(21(15)2)10-18(24)22-5-7-26-8-6-22/h9,11,14-15H,3-8,10,12H2,1-2H3,(H,20,25)/t14-,15+/m1/s1. The van der Waals surface area contributed by atoms with Crippen molar-refractivity contribution < 1.29 is 18.7 Å². The summed E-state index contributed by atoms with van der Waals surface area (Å²) in [5, 5.41) is 2.84. The predicted molar refractivity (Wildman–Crippen MR) is 98.6 cm³/mol. The molecule has 0 bridgehead atoms. The lowest BCUT2D eigenvalue weighted by Crippen LogP contribution is -2.45. The zero-order chi connectivity index (χ0) is 19.4. The molecule has 2 aliphatic rings. The topological polar surface area (TPSA) is 92.1 Å². The maximum Gasteiger partial charge on any atom is 0.287 e. The summed E-state index contributed by atoms with van der Waals surface area (Å²) in [6.45, 7) is 4.63. The first-order valence-corrected chi connectivity index (χ1v) is 9.41. The van der Waals surface area contributed by atoms with Crippen molar-refractivity contribution in [2.45, 2.75) is 38.3 Å². The summed E-state index contributed by atoms with van der Waals surface area (Å²) in [7, 11) is 1.99. The molecule has 0 unspecified atom stereocenters. The van der Waals surface area contributed by atoms with E-state index in [0.29, 0.717) is 45.0 Å². The van der Waals surface area contributed by atoms with Crippen LogP contribution in [0.5, 0.6) is 0 Å². The number of ether oxygens (including phenoxy) is 1. The van der Waals surface area contributed by atoms with Crippen LogP contribution in [-0.2, 0) is 9.53 Å². The number of carbonyl (C=O) groups excluding carboxylic acids is 2. The van der Waals surface area contributed by atoms with Crippen molar-refractivity contribution >= 4 is 11.8 Å². The van der Waals surface area contributed by atoms with Crippen molar-refractivity contribution in [3.63, 3.8) is 0 Å². The second kappa shape index (κ2) is 8.67. The summed E-state index contributed by atoms with van der Waals surface area (Å²) in [6, 6.07) is 2.88. The first-order chi connectivity index (χ1) is 12.9. The minimum atomic E-state index is -0.392. The quantitative estimate of drug-likeness (QED) is 0.798. The molecule has 8 nitrogen and oxygen atoms in total. The van der Waals surface area contributed by atoms with Gasteiger partial charge in [-0.25, -0.2) is 0 Å². The molecule has 0 saturated carbocycles. The van der Waals surface area contributed by atoms with Crippen molar-refractivity contribution in [2.24, 2.45) is 0 Å². The van der Waals surface area contributed by atoms with E-state index in [0.717, 1.165) is 12.8 Å². The number of hydrogen-bond donors (Lipinski definition) is 1. The number of aryl methyl sites for hydroxylation is 1. The number of rotatable bonds is 5. The Labute approximate surface area is 158 Å². The lowest BCUT2D eigenvalue weighted by molar-refractivity contribution is -0.136. The molecule has 27 heavy (non-hydrogen) atoms.